The summed E-state index contributed by atoms with van der Waals surface area (Å²) < 4.78 is 61.3. The number of hydrogen-bond acceptors (Lipinski definition) is 8. The summed E-state index contributed by atoms with van der Waals surface area (Å²) >= 11 is 0. The van der Waals surface area contributed by atoms with Gasteiger partial charge in [-0.3, -0.25) is 4.79 Å². The van der Waals surface area contributed by atoms with E-state index in [4.69, 9.17) is 10.3 Å². The molecule has 0 unspecified atom stereocenters. The summed E-state index contributed by atoms with van der Waals surface area (Å²) in [7, 11) is 1.37. The van der Waals surface area contributed by atoms with E-state index in [1.165, 1.54) is 17.7 Å². The van der Waals surface area contributed by atoms with Crippen molar-refractivity contribution in [3.05, 3.63) is 30.5 Å². The number of benzene rings is 1. The molecule has 0 aliphatic carbocycles. The number of rotatable bonds is 9. The normalized spacial score (nSPS) is 17.0. The zero-order valence-corrected chi connectivity index (χ0v) is 19.4. The molecule has 3 N–H and O–H groups in total. The molecule has 1 saturated heterocycles. The third-order valence-electron chi connectivity index (χ3n) is 5.82. The molecule has 2 aromatic heterocycles. The number of nitrogens with zero attached hydrogens (tertiary/aromatic N) is 5. The van der Waals surface area contributed by atoms with E-state index in [9.17, 15) is 22.4 Å². The van der Waals surface area contributed by atoms with Gasteiger partial charge in [0.05, 0.1) is 25.9 Å². The molecule has 1 atom stereocenters. The maximum atomic E-state index is 14.6. The highest BCUT2D eigenvalue weighted by Gasteiger charge is 2.49. The van der Waals surface area contributed by atoms with E-state index in [2.05, 4.69) is 25.8 Å². The molecule has 1 aliphatic rings. The average Bonchev–Trinajstić information content (AvgIpc) is 3.41. The lowest BCUT2D eigenvalue weighted by Gasteiger charge is -2.19. The summed E-state index contributed by atoms with van der Waals surface area (Å²) in [6.07, 6.45) is -0.891. The summed E-state index contributed by atoms with van der Waals surface area (Å²) in [4.78, 5) is 17.3. The Hall–Kier alpha value is -3.97. The predicted molar refractivity (Wildman–Crippen MR) is 124 cm³/mol. The highest BCUT2D eigenvalue weighted by atomic mass is 19.3. The monoisotopic (exact) mass is 508 g/mol. The molecule has 0 radical (unpaired) electrons. The molecule has 1 amide bonds. The minimum absolute atomic E-state index is 0.0895. The lowest BCUT2D eigenvalue weighted by Crippen LogP contribution is -2.38. The number of anilines is 2. The second-order valence-corrected chi connectivity index (χ2v) is 8.17. The molecule has 36 heavy (non-hydrogen) atoms. The van der Waals surface area contributed by atoms with Crippen LogP contribution in [-0.4, -0.2) is 70.5 Å². The number of methoxy groups -OCH3 is 1. The molecule has 1 fully saturated rings. The molecular formula is C22H24F4N8O2. The summed E-state index contributed by atoms with van der Waals surface area (Å²) in [5.41, 5.74) is 9.29. The van der Waals surface area contributed by atoms with Gasteiger partial charge < -0.3 is 20.3 Å². The van der Waals surface area contributed by atoms with Crippen LogP contribution in [0, 0.1) is 5.53 Å². The average molecular weight is 508 g/mol. The van der Waals surface area contributed by atoms with Crippen LogP contribution in [0.3, 0.4) is 0 Å². The molecule has 192 valence electrons. The lowest BCUT2D eigenvalue weighted by molar-refractivity contribution is -0.131. The van der Waals surface area contributed by atoms with E-state index < -0.39 is 31.5 Å². The summed E-state index contributed by atoms with van der Waals surface area (Å²) in [6.45, 7) is 0.117. The van der Waals surface area contributed by atoms with Crippen molar-refractivity contribution in [2.75, 3.05) is 37.4 Å². The number of hydrogen-bond donors (Lipinski definition) is 3. The van der Waals surface area contributed by atoms with E-state index in [0.717, 1.165) is 4.90 Å². The van der Waals surface area contributed by atoms with E-state index in [0.29, 0.717) is 16.6 Å². The van der Waals surface area contributed by atoms with Crippen molar-refractivity contribution in [3.8, 4) is 17.0 Å². The van der Waals surface area contributed by atoms with E-state index in [1.54, 1.807) is 31.3 Å². The Morgan fingerprint density at radius 3 is 2.81 bits per heavy atom. The van der Waals surface area contributed by atoms with Crippen LogP contribution < -0.4 is 15.4 Å². The van der Waals surface area contributed by atoms with Gasteiger partial charge in [-0.05, 0) is 23.8 Å². The van der Waals surface area contributed by atoms with Gasteiger partial charge in [-0.15, -0.1) is 5.10 Å². The van der Waals surface area contributed by atoms with Crippen molar-refractivity contribution in [1.29, 1.82) is 5.53 Å². The standard InChI is InChI=1S/C22H24F4N8O2/c1-3-18(35)33-10-16(22(25,26)11-33)29-21-30-20(36-2)19-13(6-7-34(19)32-21)12-4-5-14(31-27)15(8-12)28-9-17(23)24/h4-8,16-17,27-28H,3,9-11H2,1-2H3,(H,29,32)/t16-/m1/s1. The summed E-state index contributed by atoms with van der Waals surface area (Å²) in [6, 6.07) is 5.03. The minimum atomic E-state index is -3.18. The Morgan fingerprint density at radius 2 is 2.14 bits per heavy atom. The molecule has 10 nitrogen and oxygen atoms in total. The lowest BCUT2D eigenvalue weighted by atomic mass is 10.1. The van der Waals surface area contributed by atoms with Gasteiger partial charge in [0.25, 0.3) is 12.3 Å². The molecular weight excluding hydrogens is 484 g/mol. The number of fused-ring (bicyclic) bond motifs is 1. The fraction of sp³-hybridized carbons (Fsp3) is 0.409. The maximum absolute atomic E-state index is 14.6. The highest BCUT2D eigenvalue weighted by molar-refractivity contribution is 5.87. The van der Waals surface area contributed by atoms with Crippen molar-refractivity contribution in [3.63, 3.8) is 0 Å². The third kappa shape index (κ3) is 4.88. The van der Waals surface area contributed by atoms with Crippen LogP contribution in [0.15, 0.2) is 35.6 Å². The van der Waals surface area contributed by atoms with E-state index in [1.807, 2.05) is 0 Å². The van der Waals surface area contributed by atoms with Gasteiger partial charge in [0.2, 0.25) is 17.7 Å². The number of ether oxygens (including phenoxy) is 1. The first-order valence-corrected chi connectivity index (χ1v) is 11.1. The molecule has 0 spiro atoms. The zero-order valence-electron chi connectivity index (χ0n) is 19.4. The quantitative estimate of drug-likeness (QED) is 0.291. The Labute approximate surface area is 203 Å². The summed E-state index contributed by atoms with van der Waals surface area (Å²) in [5.74, 6) is -3.56. The Kier molecular flexibility index (Phi) is 6.95. The van der Waals surface area contributed by atoms with Crippen molar-refractivity contribution < 1.29 is 27.1 Å². The van der Waals surface area contributed by atoms with Gasteiger partial charge in [0.1, 0.15) is 17.2 Å². The van der Waals surface area contributed by atoms with Crippen LogP contribution >= 0.6 is 0 Å². The smallest absolute Gasteiger partial charge is 0.286 e. The predicted octanol–water partition coefficient (Wildman–Crippen LogP) is 4.41. The molecule has 1 aliphatic heterocycles. The molecule has 0 bridgehead atoms. The van der Waals surface area contributed by atoms with Crippen molar-refractivity contribution in [1.82, 2.24) is 19.5 Å². The molecule has 3 heterocycles. The van der Waals surface area contributed by atoms with Crippen LogP contribution in [0.2, 0.25) is 0 Å². The SMILES string of the molecule is CCC(=O)N1C[C@@H](Nc2nc(OC)c3c(-c4ccc(N=N)c(NCC(F)F)c4)ccn3n2)C(F)(F)C1. The topological polar surface area (TPSA) is 120 Å². The van der Waals surface area contributed by atoms with Crippen molar-refractivity contribution >= 4 is 28.7 Å². The highest BCUT2D eigenvalue weighted by Crippen LogP contribution is 2.36. The first kappa shape index (κ1) is 25.1. The maximum Gasteiger partial charge on any atom is 0.286 e. The number of alkyl halides is 4. The molecule has 3 aromatic rings. The largest absolute Gasteiger partial charge is 0.479 e. The summed E-state index contributed by atoms with van der Waals surface area (Å²) in [5, 5.41) is 12.8. The van der Waals surface area contributed by atoms with Crippen LogP contribution in [0.25, 0.3) is 16.6 Å². The van der Waals surface area contributed by atoms with Crippen molar-refractivity contribution in [2.24, 2.45) is 5.11 Å². The number of amides is 1. The van der Waals surface area contributed by atoms with Crippen LogP contribution in [0.4, 0.5) is 34.9 Å². The van der Waals surface area contributed by atoms with Gasteiger partial charge in [-0.1, -0.05) is 13.0 Å². The van der Waals surface area contributed by atoms with Gasteiger partial charge in [-0.25, -0.2) is 27.6 Å². The van der Waals surface area contributed by atoms with Crippen LogP contribution in [-0.2, 0) is 4.79 Å². The molecule has 14 heteroatoms. The first-order chi connectivity index (χ1) is 17.2. The first-order valence-electron chi connectivity index (χ1n) is 11.1. The third-order valence-corrected chi connectivity index (χ3v) is 5.82. The van der Waals surface area contributed by atoms with Gasteiger partial charge in [0, 0.05) is 24.7 Å². The fourth-order valence-electron chi connectivity index (χ4n) is 4.06. The van der Waals surface area contributed by atoms with Crippen LogP contribution in [0.1, 0.15) is 13.3 Å². The van der Waals surface area contributed by atoms with E-state index >= 15 is 0 Å². The molecule has 4 rings (SSSR count). The second-order valence-electron chi connectivity index (χ2n) is 8.17. The number of halogens is 4. The van der Waals surface area contributed by atoms with Gasteiger partial charge >= 0.3 is 0 Å². The van der Waals surface area contributed by atoms with Gasteiger partial charge in [-0.2, -0.15) is 10.1 Å². The molecule has 0 saturated carbocycles. The van der Waals surface area contributed by atoms with Gasteiger partial charge in [0.15, 0.2) is 0 Å². The zero-order chi connectivity index (χ0) is 26.0. The number of aromatic nitrogens is 3. The number of carbonyl (C=O) groups is 1. The van der Waals surface area contributed by atoms with E-state index in [-0.39, 0.29) is 42.1 Å². The number of nitrogens with one attached hydrogen (secondary N) is 3. The molecule has 1 aromatic carbocycles. The number of likely N-dealkylation sites (tertiary alicyclic amines) is 1. The Morgan fingerprint density at radius 1 is 1.36 bits per heavy atom. The Balaban J connectivity index is 1.67. The van der Waals surface area contributed by atoms with Crippen LogP contribution in [0.5, 0.6) is 5.88 Å². The second kappa shape index (κ2) is 9.95. The van der Waals surface area contributed by atoms with Crippen molar-refractivity contribution in [2.45, 2.75) is 31.7 Å². The number of carbonyl (C=O) groups excluding carboxylic acids is 1. The fourth-order valence-corrected chi connectivity index (χ4v) is 4.06. The Bertz CT molecular complexity index is 1280. The minimum Gasteiger partial charge on any atom is -0.479 e.